The number of rotatable bonds is 4. The number of aryl methyl sites for hydroxylation is 1. The lowest BCUT2D eigenvalue weighted by Gasteiger charge is -2.39. The van der Waals surface area contributed by atoms with E-state index in [1.165, 1.54) is 12.1 Å². The number of benzene rings is 1. The molecule has 0 spiro atoms. The smallest absolute Gasteiger partial charge is 0.274 e. The van der Waals surface area contributed by atoms with Crippen molar-refractivity contribution in [2.75, 3.05) is 26.2 Å². The summed E-state index contributed by atoms with van der Waals surface area (Å²) in [6.45, 7) is 4.41. The Hall–Kier alpha value is -2.28. The molecule has 1 fully saturated rings. The van der Waals surface area contributed by atoms with Gasteiger partial charge in [0.2, 0.25) is 0 Å². The van der Waals surface area contributed by atoms with Crippen LogP contribution >= 0.6 is 0 Å². The third kappa shape index (κ3) is 3.71. The monoisotopic (exact) mass is 348 g/mol. The van der Waals surface area contributed by atoms with E-state index in [2.05, 4.69) is 9.88 Å². The van der Waals surface area contributed by atoms with Crippen LogP contribution in [0.5, 0.6) is 0 Å². The molecule has 1 saturated heterocycles. The van der Waals surface area contributed by atoms with Gasteiger partial charge in [0, 0.05) is 57.1 Å². The summed E-state index contributed by atoms with van der Waals surface area (Å²) < 4.78 is 29.0. The summed E-state index contributed by atoms with van der Waals surface area (Å²) in [5.41, 5.74) is 0.945. The molecule has 1 amide bonds. The maximum atomic E-state index is 14.1. The second-order valence-electron chi connectivity index (χ2n) is 6.34. The zero-order chi connectivity index (χ0) is 18.0. The summed E-state index contributed by atoms with van der Waals surface area (Å²) in [5, 5.41) is 0. The summed E-state index contributed by atoms with van der Waals surface area (Å²) in [6.07, 6.45) is 4.03. The van der Waals surface area contributed by atoms with Gasteiger partial charge in [-0.1, -0.05) is 13.0 Å². The zero-order valence-electron chi connectivity index (χ0n) is 14.5. The van der Waals surface area contributed by atoms with Gasteiger partial charge in [-0.2, -0.15) is 0 Å². The Labute approximate surface area is 145 Å². The Balaban J connectivity index is 1.67. The third-order valence-electron chi connectivity index (χ3n) is 4.67. The van der Waals surface area contributed by atoms with Crippen LogP contribution in [0.3, 0.4) is 0 Å². The molecule has 0 radical (unpaired) electrons. The summed E-state index contributed by atoms with van der Waals surface area (Å²) in [4.78, 5) is 20.5. The van der Waals surface area contributed by atoms with Gasteiger partial charge >= 0.3 is 0 Å². The highest BCUT2D eigenvalue weighted by atomic mass is 19.1. The molecule has 25 heavy (non-hydrogen) atoms. The van der Waals surface area contributed by atoms with Gasteiger partial charge in [0.25, 0.3) is 5.91 Å². The average Bonchev–Trinajstić information content (AvgIpc) is 3.04. The normalized spacial score (nSPS) is 16.9. The molecule has 2 aromatic rings. The number of nitrogens with zero attached hydrogens (tertiary/aromatic N) is 4. The summed E-state index contributed by atoms with van der Waals surface area (Å²) in [5.74, 6) is -1.16. The van der Waals surface area contributed by atoms with Gasteiger partial charge < -0.3 is 9.47 Å². The molecule has 0 bridgehead atoms. The fourth-order valence-corrected chi connectivity index (χ4v) is 3.37. The molecular weight excluding hydrogens is 326 g/mol. The summed E-state index contributed by atoms with van der Waals surface area (Å²) in [7, 11) is 1.82. The van der Waals surface area contributed by atoms with Crippen molar-refractivity contribution in [3.63, 3.8) is 0 Å². The Bertz CT molecular complexity index is 753. The number of carbonyl (C=O) groups is 1. The largest absolute Gasteiger partial charge is 0.340 e. The van der Waals surface area contributed by atoms with Crippen molar-refractivity contribution in [3.8, 4) is 0 Å². The lowest BCUT2D eigenvalue weighted by Crippen LogP contribution is -2.49. The van der Waals surface area contributed by atoms with Crippen molar-refractivity contribution in [1.29, 1.82) is 0 Å². The molecule has 5 nitrogen and oxygen atoms in total. The predicted octanol–water partition coefficient (Wildman–Crippen LogP) is 2.61. The van der Waals surface area contributed by atoms with Crippen LogP contribution in [-0.4, -0.2) is 51.4 Å². The number of aromatic nitrogens is 2. The molecule has 0 aliphatic carbocycles. The molecule has 1 aliphatic heterocycles. The third-order valence-corrected chi connectivity index (χ3v) is 4.67. The quantitative estimate of drug-likeness (QED) is 0.853. The highest BCUT2D eigenvalue weighted by molar-refractivity contribution is 5.92. The minimum atomic E-state index is -0.568. The number of hydrogen-bond acceptors (Lipinski definition) is 3. The molecule has 0 N–H and O–H groups in total. The molecule has 1 unspecified atom stereocenters. The Morgan fingerprint density at radius 1 is 1.24 bits per heavy atom. The Morgan fingerprint density at radius 3 is 2.52 bits per heavy atom. The van der Waals surface area contributed by atoms with Gasteiger partial charge in [-0.05, 0) is 12.5 Å². The van der Waals surface area contributed by atoms with Crippen LogP contribution in [0.4, 0.5) is 8.78 Å². The number of imidazole rings is 1. The van der Waals surface area contributed by atoms with Gasteiger partial charge in [-0.3, -0.25) is 9.69 Å². The van der Waals surface area contributed by atoms with Crippen LogP contribution in [0.25, 0.3) is 0 Å². The fourth-order valence-electron chi connectivity index (χ4n) is 3.37. The summed E-state index contributed by atoms with van der Waals surface area (Å²) in [6, 6.07) is 3.62. The number of hydrogen-bond donors (Lipinski definition) is 0. The highest BCUT2D eigenvalue weighted by Crippen LogP contribution is 2.28. The Morgan fingerprint density at radius 2 is 1.96 bits per heavy atom. The molecule has 2 heterocycles. The second kappa shape index (κ2) is 7.31. The first-order valence-corrected chi connectivity index (χ1v) is 8.45. The van der Waals surface area contributed by atoms with Crippen molar-refractivity contribution in [2.45, 2.75) is 19.4 Å². The van der Waals surface area contributed by atoms with E-state index in [4.69, 9.17) is 0 Å². The molecular formula is C18H22F2N4O. The number of piperazine rings is 1. The van der Waals surface area contributed by atoms with Crippen LogP contribution in [0.2, 0.25) is 0 Å². The minimum absolute atomic E-state index is 0.0822. The van der Waals surface area contributed by atoms with E-state index in [-0.39, 0.29) is 11.9 Å². The predicted molar refractivity (Wildman–Crippen MR) is 90.1 cm³/mol. The summed E-state index contributed by atoms with van der Waals surface area (Å²) >= 11 is 0. The molecule has 134 valence electrons. The molecule has 1 aromatic heterocycles. The first-order valence-electron chi connectivity index (χ1n) is 8.45. The van der Waals surface area contributed by atoms with Crippen LogP contribution in [0.1, 0.15) is 35.4 Å². The van der Waals surface area contributed by atoms with E-state index in [1.807, 2.05) is 14.0 Å². The lowest BCUT2D eigenvalue weighted by atomic mass is 10.0. The maximum Gasteiger partial charge on any atom is 0.274 e. The van der Waals surface area contributed by atoms with E-state index < -0.39 is 11.6 Å². The maximum absolute atomic E-state index is 14.1. The number of carbonyl (C=O) groups excluding carboxylic acids is 1. The molecule has 3 rings (SSSR count). The van der Waals surface area contributed by atoms with Gasteiger partial charge in [0.1, 0.15) is 17.3 Å². The van der Waals surface area contributed by atoms with Gasteiger partial charge in [0.05, 0.1) is 6.33 Å². The van der Waals surface area contributed by atoms with Crippen molar-refractivity contribution in [2.24, 2.45) is 7.05 Å². The van der Waals surface area contributed by atoms with Crippen LogP contribution in [0.15, 0.2) is 30.7 Å². The average molecular weight is 348 g/mol. The first kappa shape index (κ1) is 17.5. The van der Waals surface area contributed by atoms with E-state index in [1.54, 1.807) is 22.0 Å². The van der Waals surface area contributed by atoms with E-state index >= 15 is 0 Å². The molecule has 7 heteroatoms. The number of amides is 1. The molecule has 1 aliphatic rings. The van der Waals surface area contributed by atoms with E-state index in [0.29, 0.717) is 37.4 Å². The van der Waals surface area contributed by atoms with Crippen LogP contribution in [0, 0.1) is 11.6 Å². The topological polar surface area (TPSA) is 41.4 Å². The Kier molecular flexibility index (Phi) is 5.13. The van der Waals surface area contributed by atoms with Crippen molar-refractivity contribution in [1.82, 2.24) is 19.4 Å². The zero-order valence-corrected chi connectivity index (χ0v) is 14.5. The molecule has 1 atom stereocenters. The minimum Gasteiger partial charge on any atom is -0.340 e. The number of halogens is 2. The standard InChI is InChI=1S/C18H22F2N4O/c1-3-17(14-5-4-13(19)10-15(14)20)23-6-8-24(9-7-23)18(25)16-11-22(2)12-21-16/h4-5,10-12,17H,3,6-9H2,1-2H3. The van der Waals surface area contributed by atoms with Gasteiger partial charge in [-0.25, -0.2) is 13.8 Å². The van der Waals surface area contributed by atoms with Gasteiger partial charge in [-0.15, -0.1) is 0 Å². The van der Waals surface area contributed by atoms with Crippen molar-refractivity contribution < 1.29 is 13.6 Å². The first-order chi connectivity index (χ1) is 12.0. The molecule has 0 saturated carbocycles. The second-order valence-corrected chi connectivity index (χ2v) is 6.34. The van der Waals surface area contributed by atoms with Crippen LogP contribution in [-0.2, 0) is 7.05 Å². The highest BCUT2D eigenvalue weighted by Gasteiger charge is 2.28. The van der Waals surface area contributed by atoms with Gasteiger partial charge in [0.15, 0.2) is 0 Å². The van der Waals surface area contributed by atoms with Crippen molar-refractivity contribution in [3.05, 3.63) is 53.6 Å². The lowest BCUT2D eigenvalue weighted by molar-refractivity contribution is 0.0554. The van der Waals surface area contributed by atoms with E-state index in [0.717, 1.165) is 12.5 Å². The molecule has 1 aromatic carbocycles. The fraction of sp³-hybridized carbons (Fsp3) is 0.444. The SMILES string of the molecule is CCC(c1ccc(F)cc1F)N1CCN(C(=O)c2cn(C)cn2)CC1. The van der Waals surface area contributed by atoms with Crippen LogP contribution < -0.4 is 0 Å². The van der Waals surface area contributed by atoms with Crippen molar-refractivity contribution >= 4 is 5.91 Å². The van der Waals surface area contributed by atoms with E-state index in [9.17, 15) is 13.6 Å².